The van der Waals surface area contributed by atoms with Crippen molar-refractivity contribution in [2.24, 2.45) is 0 Å². The summed E-state index contributed by atoms with van der Waals surface area (Å²) >= 11 is 0. The lowest BCUT2D eigenvalue weighted by molar-refractivity contribution is -0.143. The molecule has 6 nitrogen and oxygen atoms in total. The molecule has 0 saturated carbocycles. The summed E-state index contributed by atoms with van der Waals surface area (Å²) in [6, 6.07) is 4.83. The highest BCUT2D eigenvalue weighted by atomic mass is 16.5. The number of carbonyl (C=O) groups is 3. The summed E-state index contributed by atoms with van der Waals surface area (Å²) < 4.78 is 9.80. The van der Waals surface area contributed by atoms with Crippen LogP contribution in [-0.2, 0) is 25.5 Å². The second-order valence-corrected chi connectivity index (χ2v) is 4.61. The first-order valence-corrected chi connectivity index (χ1v) is 7.34. The summed E-state index contributed by atoms with van der Waals surface area (Å²) in [5.41, 5.74) is 1.64. The Morgan fingerprint density at radius 1 is 1.13 bits per heavy atom. The van der Waals surface area contributed by atoms with Crippen LogP contribution in [0.25, 0.3) is 6.08 Å². The molecule has 0 aliphatic carbocycles. The third-order valence-electron chi connectivity index (χ3n) is 2.97. The summed E-state index contributed by atoms with van der Waals surface area (Å²) in [4.78, 5) is 33.9. The topological polar surface area (TPSA) is 89.9 Å². The molecular weight excluding hydrogens is 300 g/mol. The van der Waals surface area contributed by atoms with Crippen molar-refractivity contribution in [2.45, 2.75) is 26.7 Å². The summed E-state index contributed by atoms with van der Waals surface area (Å²) in [5, 5.41) is 8.76. The molecule has 0 aliphatic heterocycles. The van der Waals surface area contributed by atoms with Crippen LogP contribution in [0.4, 0.5) is 0 Å². The van der Waals surface area contributed by atoms with Gasteiger partial charge in [-0.1, -0.05) is 6.07 Å². The minimum absolute atomic E-state index is 0.181. The van der Waals surface area contributed by atoms with Crippen molar-refractivity contribution in [3.8, 4) is 0 Å². The van der Waals surface area contributed by atoms with Crippen molar-refractivity contribution in [1.29, 1.82) is 0 Å². The van der Waals surface area contributed by atoms with E-state index in [-0.39, 0.29) is 19.0 Å². The maximum atomic E-state index is 11.8. The van der Waals surface area contributed by atoms with E-state index in [9.17, 15) is 14.4 Å². The molecule has 0 saturated heterocycles. The van der Waals surface area contributed by atoms with Crippen molar-refractivity contribution >= 4 is 24.0 Å². The largest absolute Gasteiger partial charge is 0.478 e. The number of carboxylic acid groups (broad SMARTS) is 1. The zero-order valence-electron chi connectivity index (χ0n) is 13.2. The second kappa shape index (κ2) is 9.40. The smallest absolute Gasteiger partial charge is 0.338 e. The zero-order valence-corrected chi connectivity index (χ0v) is 13.2. The molecule has 1 N–H and O–H groups in total. The van der Waals surface area contributed by atoms with Crippen molar-refractivity contribution in [3.05, 3.63) is 41.0 Å². The molecule has 0 amide bonds. The van der Waals surface area contributed by atoms with Crippen LogP contribution in [0.2, 0.25) is 0 Å². The molecular formula is C17H20O6. The van der Waals surface area contributed by atoms with Gasteiger partial charge in [-0.15, -0.1) is 0 Å². The Bertz CT molecular complexity index is 603. The molecule has 6 heteroatoms. The van der Waals surface area contributed by atoms with Crippen LogP contribution in [0.5, 0.6) is 0 Å². The molecule has 0 spiro atoms. The van der Waals surface area contributed by atoms with Gasteiger partial charge in [0.25, 0.3) is 0 Å². The predicted molar refractivity (Wildman–Crippen MR) is 84.0 cm³/mol. The Labute approximate surface area is 134 Å². The molecule has 0 heterocycles. The van der Waals surface area contributed by atoms with E-state index in [1.807, 2.05) is 0 Å². The van der Waals surface area contributed by atoms with Gasteiger partial charge in [-0.3, -0.25) is 4.79 Å². The van der Waals surface area contributed by atoms with E-state index >= 15 is 0 Å². The molecule has 0 fully saturated rings. The number of carbonyl (C=O) groups excluding carboxylic acids is 2. The molecule has 1 rings (SSSR count). The molecule has 0 unspecified atom stereocenters. The van der Waals surface area contributed by atoms with Crippen LogP contribution < -0.4 is 0 Å². The Balaban J connectivity index is 3.01. The lowest BCUT2D eigenvalue weighted by atomic mass is 9.99. The van der Waals surface area contributed by atoms with Crippen LogP contribution in [0.3, 0.4) is 0 Å². The van der Waals surface area contributed by atoms with Gasteiger partial charge in [-0.25, -0.2) is 9.59 Å². The fourth-order valence-corrected chi connectivity index (χ4v) is 1.95. The van der Waals surface area contributed by atoms with Crippen molar-refractivity contribution in [1.82, 2.24) is 0 Å². The summed E-state index contributed by atoms with van der Waals surface area (Å²) in [6.45, 7) is 4.00. The quantitative estimate of drug-likeness (QED) is 0.584. The predicted octanol–water partition coefficient (Wildman–Crippen LogP) is 2.46. The lowest BCUT2D eigenvalue weighted by Gasteiger charge is -2.09. The van der Waals surface area contributed by atoms with Crippen LogP contribution in [-0.4, -0.2) is 36.2 Å². The number of esters is 2. The molecule has 1 aromatic carbocycles. The van der Waals surface area contributed by atoms with Crippen molar-refractivity contribution in [2.75, 3.05) is 13.2 Å². The van der Waals surface area contributed by atoms with Crippen LogP contribution in [0.15, 0.2) is 24.3 Å². The second-order valence-electron chi connectivity index (χ2n) is 4.61. The Morgan fingerprint density at radius 2 is 1.83 bits per heavy atom. The highest BCUT2D eigenvalue weighted by molar-refractivity contribution is 5.91. The maximum Gasteiger partial charge on any atom is 0.338 e. The number of hydrogen-bond donors (Lipinski definition) is 1. The monoisotopic (exact) mass is 320 g/mol. The number of hydrogen-bond acceptors (Lipinski definition) is 5. The Hall–Kier alpha value is -2.63. The number of carboxylic acids is 1. The number of aryl methyl sites for hydroxylation is 1. The van der Waals surface area contributed by atoms with E-state index in [1.54, 1.807) is 32.0 Å². The van der Waals surface area contributed by atoms with E-state index in [4.69, 9.17) is 14.6 Å². The van der Waals surface area contributed by atoms with Crippen LogP contribution in [0, 0.1) is 0 Å². The molecule has 0 atom stereocenters. The van der Waals surface area contributed by atoms with Gasteiger partial charge in [0.1, 0.15) is 0 Å². The number of benzene rings is 1. The highest BCUT2D eigenvalue weighted by Crippen LogP contribution is 2.17. The van der Waals surface area contributed by atoms with Crippen molar-refractivity contribution < 1.29 is 29.0 Å². The molecule has 124 valence electrons. The van der Waals surface area contributed by atoms with Gasteiger partial charge in [0.05, 0.1) is 18.8 Å². The zero-order chi connectivity index (χ0) is 17.2. The average molecular weight is 320 g/mol. The Kier molecular flexibility index (Phi) is 7.53. The van der Waals surface area contributed by atoms with Gasteiger partial charge < -0.3 is 14.6 Å². The third-order valence-corrected chi connectivity index (χ3v) is 2.97. The van der Waals surface area contributed by atoms with E-state index in [0.29, 0.717) is 24.2 Å². The van der Waals surface area contributed by atoms with Gasteiger partial charge >= 0.3 is 17.9 Å². The molecule has 0 radical (unpaired) electrons. The first kappa shape index (κ1) is 18.4. The van der Waals surface area contributed by atoms with Gasteiger partial charge in [0.2, 0.25) is 0 Å². The summed E-state index contributed by atoms with van der Waals surface area (Å²) in [5.74, 6) is -1.90. The summed E-state index contributed by atoms with van der Waals surface area (Å²) in [6.07, 6.45) is 2.95. The first-order valence-electron chi connectivity index (χ1n) is 7.34. The van der Waals surface area contributed by atoms with Crippen LogP contribution >= 0.6 is 0 Å². The number of rotatable bonds is 8. The number of aliphatic carboxylic acids is 1. The minimum Gasteiger partial charge on any atom is -0.478 e. The van der Waals surface area contributed by atoms with Gasteiger partial charge in [0.15, 0.2) is 0 Å². The molecule has 23 heavy (non-hydrogen) atoms. The minimum atomic E-state index is -1.09. The van der Waals surface area contributed by atoms with E-state index in [1.165, 1.54) is 6.08 Å². The molecule has 1 aromatic rings. The average Bonchev–Trinajstić information content (AvgIpc) is 2.51. The fourth-order valence-electron chi connectivity index (χ4n) is 1.95. The van der Waals surface area contributed by atoms with Crippen molar-refractivity contribution in [3.63, 3.8) is 0 Å². The number of ether oxygens (including phenoxy) is 2. The molecule has 0 bridgehead atoms. The fraction of sp³-hybridized carbons (Fsp3) is 0.353. The highest BCUT2D eigenvalue weighted by Gasteiger charge is 2.11. The third kappa shape index (κ3) is 6.34. The van der Waals surface area contributed by atoms with E-state index < -0.39 is 11.9 Å². The SMILES string of the molecule is CCOC(=O)CCc1ccc(C(=O)OCC)cc1/C=C/C(=O)O. The van der Waals surface area contributed by atoms with Gasteiger partial charge in [-0.2, -0.15) is 0 Å². The molecule has 0 aromatic heterocycles. The lowest BCUT2D eigenvalue weighted by Crippen LogP contribution is -2.08. The first-order chi connectivity index (χ1) is 11.0. The Morgan fingerprint density at radius 3 is 2.43 bits per heavy atom. The maximum absolute atomic E-state index is 11.8. The standard InChI is InChI=1S/C17H20O6/c1-3-22-16(20)10-8-12-5-6-14(17(21)23-4-2)11-13(12)7-9-15(18)19/h5-7,9,11H,3-4,8,10H2,1-2H3,(H,18,19)/b9-7+. The summed E-state index contributed by atoms with van der Waals surface area (Å²) in [7, 11) is 0. The molecule has 0 aliphatic rings. The van der Waals surface area contributed by atoms with E-state index in [2.05, 4.69) is 0 Å². The van der Waals surface area contributed by atoms with Gasteiger partial charge in [0, 0.05) is 12.5 Å². The normalized spacial score (nSPS) is 10.5. The van der Waals surface area contributed by atoms with Gasteiger partial charge in [-0.05, 0) is 49.6 Å². The van der Waals surface area contributed by atoms with E-state index in [0.717, 1.165) is 11.6 Å². The van der Waals surface area contributed by atoms with Crippen LogP contribution in [0.1, 0.15) is 41.8 Å².